The molecule has 1 saturated heterocycles. The number of rotatable bonds is 9. The van der Waals surface area contributed by atoms with Crippen molar-refractivity contribution in [2.24, 2.45) is 0 Å². The van der Waals surface area contributed by atoms with Crippen LogP contribution in [0.15, 0.2) is 48.7 Å². The summed E-state index contributed by atoms with van der Waals surface area (Å²) in [5.41, 5.74) is -0.0817. The minimum atomic E-state index is -1.32. The number of methoxy groups -OCH3 is 1. The minimum Gasteiger partial charge on any atom is -0.385 e. The van der Waals surface area contributed by atoms with Gasteiger partial charge in [-0.25, -0.2) is 0 Å². The van der Waals surface area contributed by atoms with Gasteiger partial charge < -0.3 is 9.64 Å². The molecular formula is C23H26ClN3O4. The molecule has 8 heteroatoms. The molecule has 1 aromatic heterocycles. The highest BCUT2D eigenvalue weighted by molar-refractivity contribution is 6.32. The summed E-state index contributed by atoms with van der Waals surface area (Å²) in [5, 5.41) is 0.363. The Labute approximate surface area is 187 Å². The molecule has 0 N–H and O–H groups in total. The van der Waals surface area contributed by atoms with Crippen LogP contribution >= 0.6 is 11.6 Å². The molecule has 1 aliphatic rings. The van der Waals surface area contributed by atoms with Crippen molar-refractivity contribution in [1.82, 2.24) is 14.8 Å². The monoisotopic (exact) mass is 443 g/mol. The summed E-state index contributed by atoms with van der Waals surface area (Å²) in [6.07, 6.45) is 1.95. The molecule has 1 aromatic carbocycles. The number of likely N-dealkylation sites (tertiary alicyclic amines) is 1. The van der Waals surface area contributed by atoms with Gasteiger partial charge in [-0.3, -0.25) is 24.3 Å². The van der Waals surface area contributed by atoms with Crippen LogP contribution in [0, 0.1) is 0 Å². The van der Waals surface area contributed by atoms with Gasteiger partial charge in [0.2, 0.25) is 17.7 Å². The van der Waals surface area contributed by atoms with Crippen LogP contribution < -0.4 is 0 Å². The van der Waals surface area contributed by atoms with E-state index >= 15 is 0 Å². The van der Waals surface area contributed by atoms with E-state index in [0.29, 0.717) is 30.2 Å². The summed E-state index contributed by atoms with van der Waals surface area (Å²) in [6.45, 7) is 0.982. The molecule has 2 heterocycles. The molecule has 0 radical (unpaired) electrons. The summed E-state index contributed by atoms with van der Waals surface area (Å²) in [4.78, 5) is 46.5. The predicted octanol–water partition coefficient (Wildman–Crippen LogP) is 2.82. The van der Waals surface area contributed by atoms with Crippen LogP contribution in [0.1, 0.15) is 30.5 Å². The number of carbonyl (C=O) groups is 3. The lowest BCUT2D eigenvalue weighted by Gasteiger charge is -2.30. The van der Waals surface area contributed by atoms with Crippen LogP contribution in [0.3, 0.4) is 0 Å². The lowest BCUT2D eigenvalue weighted by Crippen LogP contribution is -2.43. The number of hydrogen-bond donors (Lipinski definition) is 0. The first kappa shape index (κ1) is 22.9. The molecular weight excluding hydrogens is 418 g/mol. The summed E-state index contributed by atoms with van der Waals surface area (Å²) >= 11 is 6.44. The zero-order valence-corrected chi connectivity index (χ0v) is 18.5. The van der Waals surface area contributed by atoms with E-state index < -0.39 is 5.41 Å². The third-order valence-corrected chi connectivity index (χ3v) is 5.86. The third kappa shape index (κ3) is 4.94. The largest absolute Gasteiger partial charge is 0.385 e. The first-order valence-corrected chi connectivity index (χ1v) is 10.5. The van der Waals surface area contributed by atoms with Gasteiger partial charge in [0.1, 0.15) is 0 Å². The molecule has 0 bridgehead atoms. The Hall–Kier alpha value is -2.77. The van der Waals surface area contributed by atoms with Gasteiger partial charge >= 0.3 is 0 Å². The molecule has 164 valence electrons. The maximum Gasteiger partial charge on any atom is 0.240 e. The molecule has 1 aliphatic heterocycles. The topological polar surface area (TPSA) is 79.8 Å². The Kier molecular flexibility index (Phi) is 7.41. The second-order valence-corrected chi connectivity index (χ2v) is 8.09. The van der Waals surface area contributed by atoms with Gasteiger partial charge in [-0.2, -0.15) is 0 Å². The average molecular weight is 444 g/mol. The average Bonchev–Trinajstić information content (AvgIpc) is 2.99. The van der Waals surface area contributed by atoms with Crippen molar-refractivity contribution in [1.29, 1.82) is 0 Å². The van der Waals surface area contributed by atoms with Crippen molar-refractivity contribution < 1.29 is 19.1 Å². The molecule has 7 nitrogen and oxygen atoms in total. The summed E-state index contributed by atoms with van der Waals surface area (Å²) in [7, 11) is 3.23. The van der Waals surface area contributed by atoms with Gasteiger partial charge in [0.25, 0.3) is 0 Å². The van der Waals surface area contributed by atoms with E-state index in [2.05, 4.69) is 4.98 Å². The number of pyridine rings is 1. The first-order chi connectivity index (χ1) is 14.9. The van der Waals surface area contributed by atoms with E-state index in [4.69, 9.17) is 16.3 Å². The first-order valence-electron chi connectivity index (χ1n) is 10.1. The standard InChI is InChI=1S/C23H26ClN3O4/c1-26(16-17-8-5-6-11-25-17)20(28)14-23(18-9-3-4-10-19(18)24)15-21(29)27(22(23)30)12-7-13-31-2/h3-6,8-11H,7,12-16H2,1-2H3/t23-/m1/s1. The Balaban J connectivity index is 1.89. The highest BCUT2D eigenvalue weighted by Crippen LogP contribution is 2.43. The number of halogens is 1. The van der Waals surface area contributed by atoms with Crippen LogP contribution in [0.4, 0.5) is 0 Å². The van der Waals surface area contributed by atoms with Crippen LogP contribution in [-0.2, 0) is 31.1 Å². The molecule has 1 fully saturated rings. The number of amides is 3. The van der Waals surface area contributed by atoms with E-state index in [1.807, 2.05) is 12.1 Å². The molecule has 3 amide bonds. The van der Waals surface area contributed by atoms with Gasteiger partial charge in [0.15, 0.2) is 0 Å². The normalized spacial score (nSPS) is 18.5. The highest BCUT2D eigenvalue weighted by atomic mass is 35.5. The van der Waals surface area contributed by atoms with Gasteiger partial charge in [0, 0.05) is 51.4 Å². The number of ether oxygens (including phenoxy) is 1. The highest BCUT2D eigenvalue weighted by Gasteiger charge is 2.54. The summed E-state index contributed by atoms with van der Waals surface area (Å²) < 4.78 is 5.04. The fraction of sp³-hybridized carbons (Fsp3) is 0.391. The minimum absolute atomic E-state index is 0.0916. The fourth-order valence-electron chi connectivity index (χ4n) is 3.90. The molecule has 0 aliphatic carbocycles. The Morgan fingerprint density at radius 2 is 1.97 bits per heavy atom. The van der Waals surface area contributed by atoms with E-state index in [-0.39, 0.29) is 37.1 Å². The maximum absolute atomic E-state index is 13.5. The third-order valence-electron chi connectivity index (χ3n) is 5.53. The van der Waals surface area contributed by atoms with Crippen molar-refractivity contribution in [2.45, 2.75) is 31.2 Å². The second-order valence-electron chi connectivity index (χ2n) is 7.68. The zero-order valence-electron chi connectivity index (χ0n) is 17.7. The SMILES string of the molecule is COCCCN1C(=O)C[C@](CC(=O)N(C)Cc2ccccn2)(c2ccccc2Cl)C1=O. The lowest BCUT2D eigenvalue weighted by atomic mass is 9.75. The predicted molar refractivity (Wildman–Crippen MR) is 116 cm³/mol. The van der Waals surface area contributed by atoms with Crippen molar-refractivity contribution in [3.8, 4) is 0 Å². The summed E-state index contributed by atoms with van der Waals surface area (Å²) in [6, 6.07) is 12.4. The molecule has 0 unspecified atom stereocenters. The molecule has 3 rings (SSSR count). The van der Waals surface area contributed by atoms with Gasteiger partial charge in [-0.1, -0.05) is 35.9 Å². The number of hydrogen-bond acceptors (Lipinski definition) is 5. The van der Waals surface area contributed by atoms with E-state index in [9.17, 15) is 14.4 Å². The number of benzene rings is 1. The van der Waals surface area contributed by atoms with Gasteiger partial charge in [0.05, 0.1) is 17.7 Å². The molecule has 0 spiro atoms. The zero-order chi connectivity index (χ0) is 22.4. The molecule has 31 heavy (non-hydrogen) atoms. The van der Waals surface area contributed by atoms with Crippen LogP contribution in [-0.4, -0.2) is 59.8 Å². The number of nitrogens with zero attached hydrogens (tertiary/aromatic N) is 3. The van der Waals surface area contributed by atoms with Gasteiger partial charge in [-0.05, 0) is 30.2 Å². The Morgan fingerprint density at radius 3 is 2.65 bits per heavy atom. The van der Waals surface area contributed by atoms with Gasteiger partial charge in [-0.15, -0.1) is 0 Å². The maximum atomic E-state index is 13.5. The van der Waals surface area contributed by atoms with Crippen LogP contribution in [0.2, 0.25) is 5.02 Å². The quantitative estimate of drug-likeness (QED) is 0.440. The molecule has 1 atom stereocenters. The van der Waals surface area contributed by atoms with E-state index in [0.717, 1.165) is 5.69 Å². The molecule has 0 saturated carbocycles. The number of carbonyl (C=O) groups excluding carboxylic acids is 3. The Bertz CT molecular complexity index is 953. The van der Waals surface area contributed by atoms with Crippen LogP contribution in [0.5, 0.6) is 0 Å². The van der Waals surface area contributed by atoms with Crippen molar-refractivity contribution >= 4 is 29.3 Å². The second kappa shape index (κ2) is 10.0. The van der Waals surface area contributed by atoms with Crippen molar-refractivity contribution in [3.05, 3.63) is 64.9 Å². The molecule has 2 aromatic rings. The number of aromatic nitrogens is 1. The van der Waals surface area contributed by atoms with Crippen molar-refractivity contribution in [2.75, 3.05) is 27.3 Å². The fourth-order valence-corrected chi connectivity index (χ4v) is 4.22. The number of imide groups is 1. The lowest BCUT2D eigenvalue weighted by molar-refractivity contribution is -0.142. The van der Waals surface area contributed by atoms with E-state index in [1.165, 1.54) is 9.80 Å². The van der Waals surface area contributed by atoms with Crippen molar-refractivity contribution in [3.63, 3.8) is 0 Å². The smallest absolute Gasteiger partial charge is 0.240 e. The van der Waals surface area contributed by atoms with Crippen LogP contribution in [0.25, 0.3) is 0 Å². The Morgan fingerprint density at radius 1 is 1.23 bits per heavy atom. The summed E-state index contributed by atoms with van der Waals surface area (Å²) in [5.74, 6) is -0.951. The van der Waals surface area contributed by atoms with E-state index in [1.54, 1.807) is 50.7 Å².